The number of hydrogen-bond acceptors (Lipinski definition) is 2. The molecule has 1 unspecified atom stereocenters. The van der Waals surface area contributed by atoms with Crippen molar-refractivity contribution in [3.05, 3.63) is 52.6 Å². The predicted molar refractivity (Wildman–Crippen MR) is 93.4 cm³/mol. The summed E-state index contributed by atoms with van der Waals surface area (Å²) >= 11 is 5.97. The van der Waals surface area contributed by atoms with Crippen LogP contribution in [-0.2, 0) is 11.3 Å². The summed E-state index contributed by atoms with van der Waals surface area (Å²) in [6, 6.07) is 7.57. The van der Waals surface area contributed by atoms with Gasteiger partial charge in [-0.05, 0) is 37.0 Å². The molecule has 0 aliphatic rings. The zero-order valence-corrected chi connectivity index (χ0v) is 14.9. The second-order valence-corrected chi connectivity index (χ2v) is 6.88. The maximum atomic E-state index is 12.9. The van der Waals surface area contributed by atoms with E-state index in [0.29, 0.717) is 17.5 Å². The number of imidazole rings is 1. The first kappa shape index (κ1) is 17.5. The highest BCUT2D eigenvalue weighted by Crippen LogP contribution is 2.27. The van der Waals surface area contributed by atoms with E-state index in [1.807, 2.05) is 38.2 Å². The van der Waals surface area contributed by atoms with Crippen molar-refractivity contribution >= 4 is 17.5 Å². The van der Waals surface area contributed by atoms with Crippen molar-refractivity contribution in [2.24, 2.45) is 5.92 Å². The Morgan fingerprint density at radius 2 is 1.96 bits per heavy atom. The predicted octanol–water partition coefficient (Wildman–Crippen LogP) is 4.16. The fraction of sp³-hybridized carbons (Fsp3) is 0.444. The zero-order chi connectivity index (χ0) is 17.0. The third-order valence-corrected chi connectivity index (χ3v) is 4.05. The fourth-order valence-electron chi connectivity index (χ4n) is 2.66. The minimum atomic E-state index is -0.159. The maximum Gasteiger partial charge on any atom is 0.230 e. The number of carbonyl (C=O) groups is 1. The summed E-state index contributed by atoms with van der Waals surface area (Å²) in [5.41, 5.74) is 2.01. The number of aryl methyl sites for hydroxylation is 1. The maximum absolute atomic E-state index is 12.9. The van der Waals surface area contributed by atoms with E-state index in [0.717, 1.165) is 23.5 Å². The second kappa shape index (κ2) is 7.64. The number of halogens is 1. The van der Waals surface area contributed by atoms with E-state index in [2.05, 4.69) is 23.8 Å². The number of amides is 1. The van der Waals surface area contributed by atoms with Crippen LogP contribution in [0, 0.1) is 12.8 Å². The number of rotatable bonds is 6. The lowest BCUT2D eigenvalue weighted by molar-refractivity contribution is -0.132. The van der Waals surface area contributed by atoms with Crippen LogP contribution in [0.5, 0.6) is 0 Å². The van der Waals surface area contributed by atoms with Crippen LogP contribution in [0.1, 0.15) is 43.3 Å². The molecule has 0 saturated heterocycles. The Hall–Kier alpha value is -1.81. The molecule has 1 aromatic heterocycles. The molecule has 0 radical (unpaired) electrons. The molecule has 2 rings (SSSR count). The van der Waals surface area contributed by atoms with Gasteiger partial charge in [-0.25, -0.2) is 4.98 Å². The summed E-state index contributed by atoms with van der Waals surface area (Å²) in [7, 11) is 1.82. The van der Waals surface area contributed by atoms with E-state index in [-0.39, 0.29) is 11.8 Å². The average molecular weight is 334 g/mol. The Labute approximate surface area is 142 Å². The highest BCUT2D eigenvalue weighted by molar-refractivity contribution is 6.30. The van der Waals surface area contributed by atoms with Crippen molar-refractivity contribution in [1.82, 2.24) is 14.9 Å². The van der Waals surface area contributed by atoms with Crippen LogP contribution in [0.3, 0.4) is 0 Å². The summed E-state index contributed by atoms with van der Waals surface area (Å²) in [5.74, 6) is 1.18. The van der Waals surface area contributed by atoms with Crippen molar-refractivity contribution in [2.75, 3.05) is 7.05 Å². The van der Waals surface area contributed by atoms with Gasteiger partial charge in [0.1, 0.15) is 5.82 Å². The van der Waals surface area contributed by atoms with Gasteiger partial charge >= 0.3 is 0 Å². The van der Waals surface area contributed by atoms with Gasteiger partial charge in [-0.2, -0.15) is 0 Å². The van der Waals surface area contributed by atoms with Crippen molar-refractivity contribution in [3.8, 4) is 0 Å². The molecule has 1 heterocycles. The first-order chi connectivity index (χ1) is 10.9. The minimum absolute atomic E-state index is 0.107. The molecule has 1 N–H and O–H groups in total. The van der Waals surface area contributed by atoms with Gasteiger partial charge in [0.25, 0.3) is 0 Å². The molecule has 1 atom stereocenters. The molecule has 1 aromatic carbocycles. The van der Waals surface area contributed by atoms with Gasteiger partial charge in [-0.3, -0.25) is 4.79 Å². The van der Waals surface area contributed by atoms with Crippen LogP contribution < -0.4 is 0 Å². The van der Waals surface area contributed by atoms with Crippen LogP contribution in [-0.4, -0.2) is 27.8 Å². The topological polar surface area (TPSA) is 49.0 Å². The third kappa shape index (κ3) is 4.83. The molecule has 0 aliphatic carbocycles. The molecule has 4 nitrogen and oxygen atoms in total. The van der Waals surface area contributed by atoms with Crippen molar-refractivity contribution in [3.63, 3.8) is 0 Å². The Morgan fingerprint density at radius 3 is 2.48 bits per heavy atom. The number of H-pyrrole nitrogens is 1. The van der Waals surface area contributed by atoms with E-state index in [1.54, 1.807) is 11.1 Å². The lowest BCUT2D eigenvalue weighted by Crippen LogP contribution is -2.32. The second-order valence-electron chi connectivity index (χ2n) is 6.44. The number of nitrogens with zero attached hydrogens (tertiary/aromatic N) is 2. The fourth-order valence-corrected chi connectivity index (χ4v) is 2.79. The number of carbonyl (C=O) groups excluding carboxylic acids is 1. The van der Waals surface area contributed by atoms with E-state index >= 15 is 0 Å². The van der Waals surface area contributed by atoms with E-state index in [1.165, 1.54) is 0 Å². The third-order valence-electron chi connectivity index (χ3n) is 3.80. The summed E-state index contributed by atoms with van der Waals surface area (Å²) in [6.45, 7) is 6.70. The van der Waals surface area contributed by atoms with Crippen molar-refractivity contribution in [2.45, 2.75) is 39.7 Å². The normalized spacial score (nSPS) is 12.4. The minimum Gasteiger partial charge on any atom is -0.345 e. The summed E-state index contributed by atoms with van der Waals surface area (Å²) in [4.78, 5) is 22.1. The van der Waals surface area contributed by atoms with Gasteiger partial charge < -0.3 is 9.88 Å². The summed E-state index contributed by atoms with van der Waals surface area (Å²) < 4.78 is 0. The molecule has 0 aliphatic heterocycles. The quantitative estimate of drug-likeness (QED) is 0.862. The highest BCUT2D eigenvalue weighted by atomic mass is 35.5. The molecule has 2 aromatic rings. The van der Waals surface area contributed by atoms with Gasteiger partial charge in [-0.15, -0.1) is 0 Å². The molecule has 0 fully saturated rings. The van der Waals surface area contributed by atoms with Gasteiger partial charge in [0, 0.05) is 24.0 Å². The molecule has 0 saturated carbocycles. The molecule has 0 bridgehead atoms. The molecule has 23 heavy (non-hydrogen) atoms. The average Bonchev–Trinajstić information content (AvgIpc) is 2.90. The molecular formula is C18H24ClN3O. The Kier molecular flexibility index (Phi) is 5.83. The van der Waals surface area contributed by atoms with E-state index < -0.39 is 0 Å². The van der Waals surface area contributed by atoms with Crippen molar-refractivity contribution in [1.29, 1.82) is 0 Å². The summed E-state index contributed by atoms with van der Waals surface area (Å²) in [6.07, 6.45) is 2.58. The molecule has 0 spiro atoms. The van der Waals surface area contributed by atoms with E-state index in [4.69, 9.17) is 11.6 Å². The lowest BCUT2D eigenvalue weighted by atomic mass is 9.89. The number of aromatic amines is 1. The highest BCUT2D eigenvalue weighted by Gasteiger charge is 2.25. The first-order valence-electron chi connectivity index (χ1n) is 7.87. The van der Waals surface area contributed by atoms with Crippen molar-refractivity contribution < 1.29 is 4.79 Å². The van der Waals surface area contributed by atoms with Gasteiger partial charge in [0.2, 0.25) is 5.91 Å². The van der Waals surface area contributed by atoms with Gasteiger partial charge in [-0.1, -0.05) is 37.6 Å². The molecular weight excluding hydrogens is 310 g/mol. The standard InChI is InChI=1S/C18H24ClN3O/c1-12(2)9-16(14-5-7-15(19)8-6-14)18(23)22(4)11-17-20-10-13(3)21-17/h5-8,10,12,16H,9,11H2,1-4H3,(H,20,21). The van der Waals surface area contributed by atoms with Crippen LogP contribution >= 0.6 is 11.6 Å². The SMILES string of the molecule is Cc1cnc(CN(C)C(=O)C(CC(C)C)c2ccc(Cl)cc2)[nH]1. The van der Waals surface area contributed by atoms with Gasteiger partial charge in [0.05, 0.1) is 12.5 Å². The van der Waals surface area contributed by atoms with Crippen LogP contribution in [0.4, 0.5) is 0 Å². The number of hydrogen-bond donors (Lipinski definition) is 1. The zero-order valence-electron chi connectivity index (χ0n) is 14.1. The van der Waals surface area contributed by atoms with Crippen LogP contribution in [0.15, 0.2) is 30.5 Å². The smallest absolute Gasteiger partial charge is 0.230 e. The largest absolute Gasteiger partial charge is 0.345 e. The monoisotopic (exact) mass is 333 g/mol. The number of benzene rings is 1. The molecule has 5 heteroatoms. The van der Waals surface area contributed by atoms with Gasteiger partial charge in [0.15, 0.2) is 0 Å². The van der Waals surface area contributed by atoms with E-state index in [9.17, 15) is 4.79 Å². The summed E-state index contributed by atoms with van der Waals surface area (Å²) in [5, 5.41) is 0.684. The van der Waals surface area contributed by atoms with Crippen LogP contribution in [0.25, 0.3) is 0 Å². The lowest BCUT2D eigenvalue weighted by Gasteiger charge is -2.25. The first-order valence-corrected chi connectivity index (χ1v) is 8.25. The Bertz CT molecular complexity index is 649. The molecule has 124 valence electrons. The number of nitrogens with one attached hydrogen (secondary N) is 1. The number of aromatic nitrogens is 2. The van der Waals surface area contributed by atoms with Crippen LogP contribution in [0.2, 0.25) is 5.02 Å². The number of likely N-dealkylation sites (N-methyl/N-ethyl adjacent to an activating group) is 1. The molecule has 1 amide bonds. The Balaban J connectivity index is 2.16. The Morgan fingerprint density at radius 1 is 1.30 bits per heavy atom.